The summed E-state index contributed by atoms with van der Waals surface area (Å²) >= 11 is 0. The summed E-state index contributed by atoms with van der Waals surface area (Å²) in [7, 11) is 1.55. The smallest absolute Gasteiger partial charge is 0.313 e. The van der Waals surface area contributed by atoms with Gasteiger partial charge in [-0.3, -0.25) is 9.59 Å². The fourth-order valence-electron chi connectivity index (χ4n) is 2.25. The third kappa shape index (κ3) is 5.04. The molecule has 6 heteroatoms. The Labute approximate surface area is 146 Å². The highest BCUT2D eigenvalue weighted by Gasteiger charge is 2.23. The normalized spacial score (nSPS) is 10.9. The highest BCUT2D eigenvalue weighted by atomic mass is 19.1. The minimum Gasteiger partial charge on any atom is -0.497 e. The summed E-state index contributed by atoms with van der Waals surface area (Å²) in [5, 5.41) is 5.13. The van der Waals surface area contributed by atoms with E-state index in [1.54, 1.807) is 43.5 Å². The van der Waals surface area contributed by atoms with Gasteiger partial charge in [-0.25, -0.2) is 4.39 Å². The molecule has 0 saturated heterocycles. The molecule has 0 fully saturated rings. The summed E-state index contributed by atoms with van der Waals surface area (Å²) in [5.41, 5.74) is 0.924. The first kappa shape index (κ1) is 18.4. The van der Waals surface area contributed by atoms with Gasteiger partial charge in [0.15, 0.2) is 0 Å². The van der Waals surface area contributed by atoms with Crippen molar-refractivity contribution in [3.63, 3.8) is 0 Å². The zero-order chi connectivity index (χ0) is 18.4. The van der Waals surface area contributed by atoms with Crippen LogP contribution in [0.5, 0.6) is 5.75 Å². The van der Waals surface area contributed by atoms with Crippen LogP contribution in [0.1, 0.15) is 19.4 Å². The number of benzene rings is 2. The summed E-state index contributed by atoms with van der Waals surface area (Å²) in [4.78, 5) is 24.0. The second-order valence-electron chi connectivity index (χ2n) is 6.26. The minimum atomic E-state index is -0.750. The molecule has 2 amide bonds. The number of anilines is 1. The van der Waals surface area contributed by atoms with E-state index in [-0.39, 0.29) is 12.4 Å². The number of halogens is 1. The fraction of sp³-hybridized carbons (Fsp3) is 0.263. The maximum Gasteiger partial charge on any atom is 0.313 e. The van der Waals surface area contributed by atoms with E-state index in [1.807, 2.05) is 13.8 Å². The van der Waals surface area contributed by atoms with E-state index in [4.69, 9.17) is 4.74 Å². The van der Waals surface area contributed by atoms with Crippen LogP contribution in [0.3, 0.4) is 0 Å². The Balaban J connectivity index is 1.91. The van der Waals surface area contributed by atoms with Crippen molar-refractivity contribution in [2.24, 2.45) is 0 Å². The number of methoxy groups -OCH3 is 1. The van der Waals surface area contributed by atoms with E-state index in [0.29, 0.717) is 11.4 Å². The molecule has 0 radical (unpaired) electrons. The first-order valence-corrected chi connectivity index (χ1v) is 7.81. The lowest BCUT2D eigenvalue weighted by atomic mass is 9.84. The molecule has 2 aromatic rings. The van der Waals surface area contributed by atoms with Crippen LogP contribution in [0.2, 0.25) is 0 Å². The Morgan fingerprint density at radius 2 is 1.60 bits per heavy atom. The number of hydrogen-bond donors (Lipinski definition) is 2. The van der Waals surface area contributed by atoms with E-state index >= 15 is 0 Å². The molecule has 2 rings (SSSR count). The van der Waals surface area contributed by atoms with Gasteiger partial charge in [-0.2, -0.15) is 0 Å². The number of nitrogens with one attached hydrogen (secondary N) is 2. The van der Waals surface area contributed by atoms with Gasteiger partial charge < -0.3 is 15.4 Å². The molecule has 0 aliphatic heterocycles. The number of carbonyl (C=O) groups is 2. The largest absolute Gasteiger partial charge is 0.497 e. The fourth-order valence-corrected chi connectivity index (χ4v) is 2.25. The summed E-state index contributed by atoms with van der Waals surface area (Å²) in [6.45, 7) is 4.05. The van der Waals surface area contributed by atoms with E-state index in [0.717, 1.165) is 5.56 Å². The number of ether oxygens (including phenoxy) is 1. The first-order valence-electron chi connectivity index (χ1n) is 7.81. The second-order valence-corrected chi connectivity index (χ2v) is 6.26. The molecule has 0 bridgehead atoms. The maximum absolute atomic E-state index is 13.0. The molecule has 25 heavy (non-hydrogen) atoms. The number of carbonyl (C=O) groups excluding carboxylic acids is 2. The van der Waals surface area contributed by atoms with E-state index < -0.39 is 17.2 Å². The molecule has 132 valence electrons. The lowest BCUT2D eigenvalue weighted by molar-refractivity contribution is -0.136. The Kier molecular flexibility index (Phi) is 5.75. The van der Waals surface area contributed by atoms with Gasteiger partial charge in [0.1, 0.15) is 11.6 Å². The van der Waals surface area contributed by atoms with Crippen LogP contribution in [0.4, 0.5) is 10.1 Å². The monoisotopic (exact) mass is 344 g/mol. The SMILES string of the molecule is COc1ccc(NC(=O)C(=O)NCC(C)(C)c2ccc(F)cc2)cc1. The maximum atomic E-state index is 13.0. The molecule has 0 aromatic heterocycles. The van der Waals surface area contributed by atoms with Crippen LogP contribution in [-0.2, 0) is 15.0 Å². The summed E-state index contributed by atoms with van der Waals surface area (Å²) in [6.07, 6.45) is 0. The molecule has 0 unspecified atom stereocenters. The van der Waals surface area contributed by atoms with Crippen molar-refractivity contribution in [2.45, 2.75) is 19.3 Å². The van der Waals surface area contributed by atoms with E-state index in [9.17, 15) is 14.0 Å². The van der Waals surface area contributed by atoms with Crippen LogP contribution in [0.25, 0.3) is 0 Å². The molecule has 0 saturated carbocycles. The summed E-state index contributed by atoms with van der Waals surface area (Å²) in [6, 6.07) is 12.7. The number of rotatable bonds is 5. The Morgan fingerprint density at radius 1 is 1.00 bits per heavy atom. The third-order valence-corrected chi connectivity index (χ3v) is 3.87. The molecule has 0 heterocycles. The predicted octanol–water partition coefficient (Wildman–Crippen LogP) is 2.87. The van der Waals surface area contributed by atoms with Crippen molar-refractivity contribution in [3.8, 4) is 5.75 Å². The van der Waals surface area contributed by atoms with Crippen LogP contribution in [-0.4, -0.2) is 25.5 Å². The minimum absolute atomic E-state index is 0.244. The van der Waals surface area contributed by atoms with Crippen LogP contribution >= 0.6 is 0 Å². The molecular formula is C19H21FN2O3. The van der Waals surface area contributed by atoms with Gasteiger partial charge in [-0.15, -0.1) is 0 Å². The predicted molar refractivity (Wildman–Crippen MR) is 94.1 cm³/mol. The molecule has 0 atom stereocenters. The molecule has 2 aromatic carbocycles. The second kappa shape index (κ2) is 7.79. The first-order chi connectivity index (χ1) is 11.8. The molecule has 0 aliphatic rings. The van der Waals surface area contributed by atoms with Crippen LogP contribution in [0.15, 0.2) is 48.5 Å². The van der Waals surface area contributed by atoms with E-state index in [2.05, 4.69) is 10.6 Å². The third-order valence-electron chi connectivity index (χ3n) is 3.87. The summed E-state index contributed by atoms with van der Waals surface area (Å²) in [5.74, 6) is -1.14. The van der Waals surface area contributed by atoms with E-state index in [1.165, 1.54) is 12.1 Å². The van der Waals surface area contributed by atoms with Crippen LogP contribution in [0, 0.1) is 5.82 Å². The highest BCUT2D eigenvalue weighted by molar-refractivity contribution is 6.39. The quantitative estimate of drug-likeness (QED) is 0.820. The number of amides is 2. The lowest BCUT2D eigenvalue weighted by Crippen LogP contribution is -2.42. The lowest BCUT2D eigenvalue weighted by Gasteiger charge is -2.25. The molecule has 5 nitrogen and oxygen atoms in total. The van der Waals surface area contributed by atoms with Gasteiger partial charge in [0.2, 0.25) is 0 Å². The average molecular weight is 344 g/mol. The molecule has 2 N–H and O–H groups in total. The topological polar surface area (TPSA) is 67.4 Å². The summed E-state index contributed by atoms with van der Waals surface area (Å²) < 4.78 is 18.1. The van der Waals surface area contributed by atoms with Gasteiger partial charge in [-0.1, -0.05) is 26.0 Å². The zero-order valence-corrected chi connectivity index (χ0v) is 14.4. The van der Waals surface area contributed by atoms with Crippen molar-refractivity contribution >= 4 is 17.5 Å². The van der Waals surface area contributed by atoms with Gasteiger partial charge >= 0.3 is 11.8 Å². The number of hydrogen-bond acceptors (Lipinski definition) is 3. The van der Waals surface area contributed by atoms with Crippen LogP contribution < -0.4 is 15.4 Å². The molecular weight excluding hydrogens is 323 g/mol. The van der Waals surface area contributed by atoms with Gasteiger partial charge in [0.05, 0.1) is 7.11 Å². The van der Waals surface area contributed by atoms with Crippen molar-refractivity contribution in [3.05, 3.63) is 59.9 Å². The van der Waals surface area contributed by atoms with Crippen molar-refractivity contribution in [1.29, 1.82) is 0 Å². The van der Waals surface area contributed by atoms with Crippen molar-refractivity contribution < 1.29 is 18.7 Å². The Bertz CT molecular complexity index is 740. The Hall–Kier alpha value is -2.89. The van der Waals surface area contributed by atoms with Crippen molar-refractivity contribution in [1.82, 2.24) is 5.32 Å². The highest BCUT2D eigenvalue weighted by Crippen LogP contribution is 2.22. The average Bonchev–Trinajstić information content (AvgIpc) is 2.60. The van der Waals surface area contributed by atoms with Crippen molar-refractivity contribution in [2.75, 3.05) is 19.0 Å². The molecule has 0 spiro atoms. The van der Waals surface area contributed by atoms with Gasteiger partial charge in [0.25, 0.3) is 0 Å². The zero-order valence-electron chi connectivity index (χ0n) is 14.4. The Morgan fingerprint density at radius 3 is 2.16 bits per heavy atom. The standard InChI is InChI=1S/C19H21FN2O3/c1-19(2,13-4-6-14(20)7-5-13)12-21-17(23)18(24)22-15-8-10-16(25-3)11-9-15/h4-11H,12H2,1-3H3,(H,21,23)(H,22,24). The molecule has 0 aliphatic carbocycles. The van der Waals surface area contributed by atoms with Gasteiger partial charge in [-0.05, 0) is 42.0 Å². The van der Waals surface area contributed by atoms with Gasteiger partial charge in [0, 0.05) is 17.6 Å².